The Hall–Kier alpha value is -3.75. The van der Waals surface area contributed by atoms with Gasteiger partial charge in [0.15, 0.2) is 0 Å². The van der Waals surface area contributed by atoms with Gasteiger partial charge in [0, 0.05) is 31.6 Å². The molecule has 2 unspecified atom stereocenters. The van der Waals surface area contributed by atoms with Crippen LogP contribution in [0.5, 0.6) is 5.75 Å². The summed E-state index contributed by atoms with van der Waals surface area (Å²) in [5.74, 6) is 0.0431. The standard InChI is InChI=1S/C31H35N3O5/c1-2-33(17-18-38-24-7-4-3-5-8-24)19-22-11-13-23(14-12-22)21-39-28-10-6-9-25-26(28)20-34(31(25)37)27-15-16-29(35)32-30(27)36/h3-9,11-14,27-28H,2,10,15-21H2,1H3,(H,32,35,36). The third kappa shape index (κ3) is 6.46. The first-order valence-electron chi connectivity index (χ1n) is 13.7. The number of nitrogens with zero attached hydrogens (tertiary/aromatic N) is 2. The molecule has 0 spiro atoms. The Bertz CT molecular complexity index is 1250. The number of amides is 3. The van der Waals surface area contributed by atoms with E-state index in [0.29, 0.717) is 38.2 Å². The highest BCUT2D eigenvalue weighted by Gasteiger charge is 2.42. The Labute approximate surface area is 229 Å². The average Bonchev–Trinajstić information content (AvgIpc) is 3.29. The van der Waals surface area contributed by atoms with E-state index >= 15 is 0 Å². The number of piperidine rings is 1. The molecule has 39 heavy (non-hydrogen) atoms. The number of rotatable bonds is 11. The zero-order valence-corrected chi connectivity index (χ0v) is 22.3. The zero-order chi connectivity index (χ0) is 27.2. The van der Waals surface area contributed by atoms with E-state index in [1.165, 1.54) is 5.56 Å². The fourth-order valence-corrected chi connectivity index (χ4v) is 5.29. The van der Waals surface area contributed by atoms with Crippen LogP contribution in [0.4, 0.5) is 0 Å². The Morgan fingerprint density at radius 2 is 1.79 bits per heavy atom. The van der Waals surface area contributed by atoms with Gasteiger partial charge in [-0.15, -0.1) is 0 Å². The largest absolute Gasteiger partial charge is 0.492 e. The van der Waals surface area contributed by atoms with Crippen molar-refractivity contribution in [2.24, 2.45) is 0 Å². The molecule has 0 saturated carbocycles. The second-order valence-corrected chi connectivity index (χ2v) is 10.1. The molecule has 3 amide bonds. The van der Waals surface area contributed by atoms with Gasteiger partial charge in [-0.2, -0.15) is 0 Å². The maximum absolute atomic E-state index is 13.1. The monoisotopic (exact) mass is 529 g/mol. The molecule has 2 aliphatic heterocycles. The molecular formula is C31H35N3O5. The van der Waals surface area contributed by atoms with Gasteiger partial charge in [0.05, 0.1) is 12.7 Å². The predicted molar refractivity (Wildman–Crippen MR) is 147 cm³/mol. The van der Waals surface area contributed by atoms with E-state index in [-0.39, 0.29) is 24.3 Å². The van der Waals surface area contributed by atoms with Crippen molar-refractivity contribution in [3.8, 4) is 5.75 Å². The van der Waals surface area contributed by atoms with Crippen molar-refractivity contribution in [3.63, 3.8) is 0 Å². The summed E-state index contributed by atoms with van der Waals surface area (Å²) in [4.78, 5) is 40.9. The first-order chi connectivity index (χ1) is 19.0. The summed E-state index contributed by atoms with van der Waals surface area (Å²) in [6.07, 6.45) is 4.86. The first kappa shape index (κ1) is 26.8. The van der Waals surface area contributed by atoms with E-state index in [2.05, 4.69) is 41.4 Å². The fourth-order valence-electron chi connectivity index (χ4n) is 5.29. The number of imide groups is 1. The summed E-state index contributed by atoms with van der Waals surface area (Å²) in [6, 6.07) is 17.7. The number of carbonyl (C=O) groups excluding carboxylic acids is 3. The minimum absolute atomic E-state index is 0.164. The average molecular weight is 530 g/mol. The van der Waals surface area contributed by atoms with Gasteiger partial charge < -0.3 is 14.4 Å². The SMILES string of the molecule is CCN(CCOc1ccccc1)Cc1ccc(COC2CC=CC3=C2CN(C2CCC(=O)NC2=O)C3=O)cc1. The zero-order valence-electron chi connectivity index (χ0n) is 22.3. The van der Waals surface area contributed by atoms with Crippen molar-refractivity contribution in [3.05, 3.63) is 89.0 Å². The third-order valence-electron chi connectivity index (χ3n) is 7.53. The molecule has 1 aliphatic carbocycles. The lowest BCUT2D eigenvalue weighted by molar-refractivity contribution is -0.142. The maximum Gasteiger partial charge on any atom is 0.254 e. The van der Waals surface area contributed by atoms with Crippen LogP contribution in [0.15, 0.2) is 77.9 Å². The summed E-state index contributed by atoms with van der Waals surface area (Å²) in [7, 11) is 0. The number of nitrogens with one attached hydrogen (secondary N) is 1. The summed E-state index contributed by atoms with van der Waals surface area (Å²) in [6.45, 7) is 6.21. The molecule has 0 bridgehead atoms. The lowest BCUT2D eigenvalue weighted by Gasteiger charge is -2.30. The molecule has 1 saturated heterocycles. The van der Waals surface area contributed by atoms with Crippen LogP contribution in [0.3, 0.4) is 0 Å². The lowest BCUT2D eigenvalue weighted by atomic mass is 9.97. The van der Waals surface area contributed by atoms with Gasteiger partial charge in [-0.05, 0) is 48.2 Å². The maximum atomic E-state index is 13.1. The van der Waals surface area contributed by atoms with Crippen molar-refractivity contribution in [1.29, 1.82) is 0 Å². The van der Waals surface area contributed by atoms with Crippen LogP contribution in [0, 0.1) is 0 Å². The molecule has 8 heteroatoms. The number of ether oxygens (including phenoxy) is 2. The molecule has 5 rings (SSSR count). The van der Waals surface area contributed by atoms with E-state index in [1.54, 1.807) is 4.90 Å². The van der Waals surface area contributed by atoms with Gasteiger partial charge in [0.1, 0.15) is 18.4 Å². The first-order valence-corrected chi connectivity index (χ1v) is 13.7. The number of likely N-dealkylation sites (N-methyl/N-ethyl adjacent to an activating group) is 1. The number of hydrogen-bond acceptors (Lipinski definition) is 6. The van der Waals surface area contributed by atoms with Crippen molar-refractivity contribution in [2.75, 3.05) is 26.2 Å². The summed E-state index contributed by atoms with van der Waals surface area (Å²) < 4.78 is 12.1. The number of benzene rings is 2. The van der Waals surface area contributed by atoms with Gasteiger partial charge >= 0.3 is 0 Å². The van der Waals surface area contributed by atoms with Crippen LogP contribution >= 0.6 is 0 Å². The van der Waals surface area contributed by atoms with Crippen LogP contribution in [0.1, 0.15) is 37.3 Å². The van der Waals surface area contributed by atoms with Gasteiger partial charge in [-0.3, -0.25) is 24.6 Å². The van der Waals surface area contributed by atoms with Crippen molar-refractivity contribution in [2.45, 2.75) is 51.5 Å². The van der Waals surface area contributed by atoms with Crippen molar-refractivity contribution >= 4 is 17.7 Å². The second-order valence-electron chi connectivity index (χ2n) is 10.1. The van der Waals surface area contributed by atoms with Crippen molar-refractivity contribution < 1.29 is 23.9 Å². The summed E-state index contributed by atoms with van der Waals surface area (Å²) >= 11 is 0. The van der Waals surface area contributed by atoms with E-state index in [1.807, 2.05) is 42.5 Å². The molecule has 0 aromatic heterocycles. The molecule has 2 aromatic carbocycles. The normalized spacial score (nSPS) is 21.0. The minimum atomic E-state index is -0.616. The highest BCUT2D eigenvalue weighted by molar-refractivity contribution is 6.06. The Kier molecular flexibility index (Phi) is 8.54. The van der Waals surface area contributed by atoms with Crippen LogP contribution < -0.4 is 10.1 Å². The molecule has 2 atom stereocenters. The summed E-state index contributed by atoms with van der Waals surface area (Å²) in [5, 5.41) is 2.35. The topological polar surface area (TPSA) is 88.2 Å². The molecule has 0 radical (unpaired) electrons. The van der Waals surface area contributed by atoms with Crippen LogP contribution in [0.25, 0.3) is 0 Å². The molecular weight excluding hydrogens is 494 g/mol. The predicted octanol–water partition coefficient (Wildman–Crippen LogP) is 3.38. The van der Waals surface area contributed by atoms with Crippen LogP contribution in [-0.2, 0) is 32.3 Å². The highest BCUT2D eigenvalue weighted by Crippen LogP contribution is 2.33. The molecule has 3 aliphatic rings. The van der Waals surface area contributed by atoms with E-state index in [0.717, 1.165) is 36.5 Å². The number of para-hydroxylation sites is 1. The number of carbonyl (C=O) groups is 3. The Balaban J connectivity index is 1.12. The summed E-state index contributed by atoms with van der Waals surface area (Å²) in [5.41, 5.74) is 3.83. The minimum Gasteiger partial charge on any atom is -0.492 e. The van der Waals surface area contributed by atoms with Crippen LogP contribution in [-0.4, -0.2) is 65.9 Å². The molecule has 1 N–H and O–H groups in total. The van der Waals surface area contributed by atoms with E-state index in [9.17, 15) is 14.4 Å². The second kappa shape index (κ2) is 12.4. The fraction of sp³-hybridized carbons (Fsp3) is 0.387. The molecule has 8 nitrogen and oxygen atoms in total. The molecule has 2 aromatic rings. The van der Waals surface area contributed by atoms with Gasteiger partial charge in [-0.1, -0.05) is 61.5 Å². The Morgan fingerprint density at radius 1 is 1.03 bits per heavy atom. The van der Waals surface area contributed by atoms with Gasteiger partial charge in [0.25, 0.3) is 5.91 Å². The van der Waals surface area contributed by atoms with E-state index in [4.69, 9.17) is 9.47 Å². The van der Waals surface area contributed by atoms with Gasteiger partial charge in [0.2, 0.25) is 11.8 Å². The smallest absolute Gasteiger partial charge is 0.254 e. The molecule has 2 heterocycles. The quantitative estimate of drug-likeness (QED) is 0.449. The number of hydrogen-bond donors (Lipinski definition) is 1. The third-order valence-corrected chi connectivity index (χ3v) is 7.53. The van der Waals surface area contributed by atoms with Gasteiger partial charge in [-0.25, -0.2) is 0 Å². The lowest BCUT2D eigenvalue weighted by Crippen LogP contribution is -2.53. The van der Waals surface area contributed by atoms with Crippen molar-refractivity contribution in [1.82, 2.24) is 15.1 Å². The molecule has 1 fully saturated rings. The highest BCUT2D eigenvalue weighted by atomic mass is 16.5. The molecule has 204 valence electrons. The van der Waals surface area contributed by atoms with Crippen LogP contribution in [0.2, 0.25) is 0 Å². The Morgan fingerprint density at radius 3 is 2.54 bits per heavy atom. The van der Waals surface area contributed by atoms with E-state index < -0.39 is 11.9 Å².